The molecule has 0 spiro atoms. The van der Waals surface area contributed by atoms with E-state index in [1.165, 1.54) is 11.3 Å². The first kappa shape index (κ1) is 19.7. The molecule has 1 heterocycles. The second kappa shape index (κ2) is 8.75. The standard InChI is InChI=1S/C21H22N2O4S/c1-13-23-19(14-8-6-5-7-9-14)20(28-13)21(24)22-12-15-10-17(26-3)18(27-4)11-16(15)25-2/h5-11H,12H2,1-4H3,(H,22,24). The van der Waals surface area contributed by atoms with E-state index in [0.717, 1.165) is 16.1 Å². The zero-order valence-electron chi connectivity index (χ0n) is 16.2. The van der Waals surface area contributed by atoms with E-state index in [4.69, 9.17) is 14.2 Å². The van der Waals surface area contributed by atoms with Gasteiger partial charge in [0.25, 0.3) is 5.91 Å². The number of methoxy groups -OCH3 is 3. The molecule has 3 aromatic rings. The lowest BCUT2D eigenvalue weighted by Gasteiger charge is -2.14. The van der Waals surface area contributed by atoms with Crippen LogP contribution < -0.4 is 19.5 Å². The first-order chi connectivity index (χ1) is 13.6. The second-order valence-electron chi connectivity index (χ2n) is 5.98. The summed E-state index contributed by atoms with van der Waals surface area (Å²) in [5, 5.41) is 3.80. The van der Waals surface area contributed by atoms with Crippen LogP contribution in [-0.4, -0.2) is 32.2 Å². The van der Waals surface area contributed by atoms with Crippen molar-refractivity contribution in [1.82, 2.24) is 10.3 Å². The minimum absolute atomic E-state index is 0.179. The highest BCUT2D eigenvalue weighted by Gasteiger charge is 2.19. The Morgan fingerprint density at radius 1 is 1.00 bits per heavy atom. The lowest BCUT2D eigenvalue weighted by molar-refractivity contribution is 0.0955. The molecule has 0 fully saturated rings. The molecule has 0 saturated heterocycles. The maximum Gasteiger partial charge on any atom is 0.263 e. The molecule has 3 rings (SSSR count). The van der Waals surface area contributed by atoms with Crippen LogP contribution in [-0.2, 0) is 6.54 Å². The topological polar surface area (TPSA) is 69.7 Å². The summed E-state index contributed by atoms with van der Waals surface area (Å²) in [6, 6.07) is 13.2. The lowest BCUT2D eigenvalue weighted by Crippen LogP contribution is -2.22. The van der Waals surface area contributed by atoms with Crippen molar-refractivity contribution in [1.29, 1.82) is 0 Å². The maximum absolute atomic E-state index is 12.9. The summed E-state index contributed by atoms with van der Waals surface area (Å²) in [7, 11) is 4.71. The Bertz CT molecular complexity index is 970. The summed E-state index contributed by atoms with van der Waals surface area (Å²) < 4.78 is 16.1. The first-order valence-electron chi connectivity index (χ1n) is 8.67. The molecule has 0 aliphatic heterocycles. The van der Waals surface area contributed by atoms with Crippen LogP contribution in [0.15, 0.2) is 42.5 Å². The predicted molar refractivity (Wildman–Crippen MR) is 110 cm³/mol. The van der Waals surface area contributed by atoms with Crippen LogP contribution in [0.2, 0.25) is 0 Å². The number of nitrogens with zero attached hydrogens (tertiary/aromatic N) is 1. The lowest BCUT2D eigenvalue weighted by atomic mass is 10.1. The molecule has 0 aliphatic rings. The Morgan fingerprint density at radius 3 is 2.29 bits per heavy atom. The van der Waals surface area contributed by atoms with Crippen LogP contribution in [0.25, 0.3) is 11.3 Å². The van der Waals surface area contributed by atoms with E-state index in [0.29, 0.717) is 27.8 Å². The van der Waals surface area contributed by atoms with E-state index in [9.17, 15) is 4.79 Å². The number of nitrogens with one attached hydrogen (secondary N) is 1. The molecule has 0 bridgehead atoms. The molecule has 7 heteroatoms. The predicted octanol–water partition coefficient (Wildman–Crippen LogP) is 4.07. The molecule has 0 saturated carbocycles. The Hall–Kier alpha value is -3.06. The molecule has 1 N–H and O–H groups in total. The molecule has 1 amide bonds. The number of carbonyl (C=O) groups is 1. The molecule has 6 nitrogen and oxygen atoms in total. The number of benzene rings is 2. The number of ether oxygens (including phenoxy) is 3. The second-order valence-corrected chi connectivity index (χ2v) is 7.18. The largest absolute Gasteiger partial charge is 0.496 e. The van der Waals surface area contributed by atoms with E-state index in [1.807, 2.05) is 37.3 Å². The normalized spacial score (nSPS) is 10.4. The molecule has 1 aromatic heterocycles. The van der Waals surface area contributed by atoms with Crippen molar-refractivity contribution in [3.8, 4) is 28.5 Å². The fourth-order valence-corrected chi connectivity index (χ4v) is 3.72. The van der Waals surface area contributed by atoms with E-state index in [-0.39, 0.29) is 12.5 Å². The van der Waals surface area contributed by atoms with Gasteiger partial charge in [-0.1, -0.05) is 30.3 Å². The van der Waals surface area contributed by atoms with E-state index >= 15 is 0 Å². The number of aromatic nitrogens is 1. The van der Waals surface area contributed by atoms with Gasteiger partial charge in [-0.3, -0.25) is 4.79 Å². The van der Waals surface area contributed by atoms with Gasteiger partial charge < -0.3 is 19.5 Å². The van der Waals surface area contributed by atoms with Gasteiger partial charge in [-0.05, 0) is 13.0 Å². The zero-order valence-corrected chi connectivity index (χ0v) is 17.1. The summed E-state index contributed by atoms with van der Waals surface area (Å²) in [5.41, 5.74) is 2.40. The highest BCUT2D eigenvalue weighted by molar-refractivity contribution is 7.14. The van der Waals surface area contributed by atoms with Gasteiger partial charge in [0.05, 0.1) is 32.0 Å². The van der Waals surface area contributed by atoms with Crippen LogP contribution in [0.5, 0.6) is 17.2 Å². The average molecular weight is 398 g/mol. The monoisotopic (exact) mass is 398 g/mol. The Kier molecular flexibility index (Phi) is 6.16. The third-order valence-electron chi connectivity index (χ3n) is 4.21. The van der Waals surface area contributed by atoms with E-state index < -0.39 is 0 Å². The van der Waals surface area contributed by atoms with Crippen molar-refractivity contribution in [2.75, 3.05) is 21.3 Å². The van der Waals surface area contributed by atoms with Gasteiger partial charge in [-0.15, -0.1) is 11.3 Å². The molecule has 0 atom stereocenters. The first-order valence-corrected chi connectivity index (χ1v) is 9.49. The Labute approximate surface area is 168 Å². The van der Waals surface area contributed by atoms with Crippen LogP contribution >= 0.6 is 11.3 Å². The molecular weight excluding hydrogens is 376 g/mol. The number of amides is 1. The number of carbonyl (C=O) groups excluding carboxylic acids is 1. The van der Waals surface area contributed by atoms with Crippen molar-refractivity contribution in [2.24, 2.45) is 0 Å². The number of rotatable bonds is 7. The van der Waals surface area contributed by atoms with Gasteiger partial charge >= 0.3 is 0 Å². The third-order valence-corrected chi connectivity index (χ3v) is 5.18. The summed E-state index contributed by atoms with van der Waals surface area (Å²) >= 11 is 1.38. The van der Waals surface area contributed by atoms with Crippen LogP contribution in [0.3, 0.4) is 0 Å². The molecule has 0 unspecified atom stereocenters. The maximum atomic E-state index is 12.9. The van der Waals surface area contributed by atoms with Crippen molar-refractivity contribution < 1.29 is 19.0 Å². The van der Waals surface area contributed by atoms with Gasteiger partial charge in [0, 0.05) is 23.7 Å². The smallest absolute Gasteiger partial charge is 0.263 e. The zero-order chi connectivity index (χ0) is 20.1. The fraction of sp³-hybridized carbons (Fsp3) is 0.238. The molecule has 2 aromatic carbocycles. The Morgan fingerprint density at radius 2 is 1.64 bits per heavy atom. The highest BCUT2D eigenvalue weighted by Crippen LogP contribution is 2.35. The van der Waals surface area contributed by atoms with Crippen molar-refractivity contribution in [2.45, 2.75) is 13.5 Å². The minimum atomic E-state index is -0.179. The van der Waals surface area contributed by atoms with Crippen molar-refractivity contribution >= 4 is 17.2 Å². The minimum Gasteiger partial charge on any atom is -0.496 e. The molecular formula is C21H22N2O4S. The van der Waals surface area contributed by atoms with Crippen molar-refractivity contribution in [3.63, 3.8) is 0 Å². The van der Waals surface area contributed by atoms with E-state index in [1.54, 1.807) is 33.5 Å². The number of thiazole rings is 1. The van der Waals surface area contributed by atoms with Crippen LogP contribution in [0.4, 0.5) is 0 Å². The van der Waals surface area contributed by atoms with Crippen LogP contribution in [0, 0.1) is 6.92 Å². The van der Waals surface area contributed by atoms with Crippen molar-refractivity contribution in [3.05, 3.63) is 57.9 Å². The summed E-state index contributed by atoms with van der Waals surface area (Å²) in [4.78, 5) is 18.0. The molecule has 0 aliphatic carbocycles. The van der Waals surface area contributed by atoms with Crippen LogP contribution in [0.1, 0.15) is 20.2 Å². The number of hydrogen-bond acceptors (Lipinski definition) is 6. The Balaban J connectivity index is 1.84. The van der Waals surface area contributed by atoms with Gasteiger partial charge in [-0.2, -0.15) is 0 Å². The third kappa shape index (κ3) is 4.09. The molecule has 0 radical (unpaired) electrons. The number of hydrogen-bond donors (Lipinski definition) is 1. The molecule has 28 heavy (non-hydrogen) atoms. The quantitative estimate of drug-likeness (QED) is 0.650. The summed E-state index contributed by atoms with van der Waals surface area (Å²) in [5.74, 6) is 1.58. The van der Waals surface area contributed by atoms with E-state index in [2.05, 4.69) is 10.3 Å². The summed E-state index contributed by atoms with van der Waals surface area (Å²) in [6.45, 7) is 2.18. The highest BCUT2D eigenvalue weighted by atomic mass is 32.1. The number of aryl methyl sites for hydroxylation is 1. The fourth-order valence-electron chi connectivity index (χ4n) is 2.86. The van der Waals surface area contributed by atoms with Gasteiger partial charge in [0.15, 0.2) is 11.5 Å². The molecule has 146 valence electrons. The summed E-state index contributed by atoms with van der Waals surface area (Å²) in [6.07, 6.45) is 0. The van der Waals surface area contributed by atoms with Gasteiger partial charge in [0.1, 0.15) is 10.6 Å². The van der Waals surface area contributed by atoms with Gasteiger partial charge in [0.2, 0.25) is 0 Å². The average Bonchev–Trinajstić information content (AvgIpc) is 3.13. The van der Waals surface area contributed by atoms with Gasteiger partial charge in [-0.25, -0.2) is 4.98 Å². The SMILES string of the molecule is COc1cc(OC)c(OC)cc1CNC(=O)c1sc(C)nc1-c1ccccc1.